The van der Waals surface area contributed by atoms with Gasteiger partial charge in [-0.2, -0.15) is 0 Å². The summed E-state index contributed by atoms with van der Waals surface area (Å²) in [4.78, 5) is 39.4. The van der Waals surface area contributed by atoms with E-state index in [-0.39, 0.29) is 24.6 Å². The number of para-hydroxylation sites is 1. The molecule has 1 aromatic carbocycles. The fraction of sp³-hybridized carbons (Fsp3) is 0.450. The summed E-state index contributed by atoms with van der Waals surface area (Å²) in [5.41, 5.74) is 0.969. The molecule has 0 radical (unpaired) electrons. The third kappa shape index (κ3) is 4.81. The van der Waals surface area contributed by atoms with E-state index in [4.69, 9.17) is 14.2 Å². The number of aromatic nitrogens is 1. The fourth-order valence-electron chi connectivity index (χ4n) is 3.26. The van der Waals surface area contributed by atoms with Gasteiger partial charge in [-0.1, -0.05) is 18.2 Å². The summed E-state index contributed by atoms with van der Waals surface area (Å²) in [7, 11) is 2.89. The number of ketones is 1. The van der Waals surface area contributed by atoms with Crippen molar-refractivity contribution in [2.24, 2.45) is 0 Å². The molecule has 0 spiro atoms. The lowest BCUT2D eigenvalue weighted by Gasteiger charge is -2.27. The van der Waals surface area contributed by atoms with Gasteiger partial charge in [-0.25, -0.2) is 0 Å². The number of rotatable bonds is 8. The molecule has 0 aliphatic carbocycles. The van der Waals surface area contributed by atoms with Gasteiger partial charge in [-0.15, -0.1) is 0 Å². The molecule has 1 N–H and O–H groups in total. The number of carbonyl (C=O) groups is 3. The van der Waals surface area contributed by atoms with Crippen molar-refractivity contribution >= 4 is 28.5 Å². The van der Waals surface area contributed by atoms with E-state index >= 15 is 0 Å². The molecule has 1 aromatic heterocycles. The molecular formula is C20H25N3O6. The van der Waals surface area contributed by atoms with E-state index in [1.165, 1.54) is 14.2 Å². The van der Waals surface area contributed by atoms with Crippen LogP contribution in [0, 0.1) is 0 Å². The monoisotopic (exact) mass is 403 g/mol. The van der Waals surface area contributed by atoms with Crippen LogP contribution in [0.2, 0.25) is 0 Å². The molecule has 2 aromatic rings. The van der Waals surface area contributed by atoms with Crippen LogP contribution in [0.15, 0.2) is 30.5 Å². The molecule has 1 aliphatic rings. The molecule has 29 heavy (non-hydrogen) atoms. The van der Waals surface area contributed by atoms with Crippen molar-refractivity contribution in [2.75, 3.05) is 47.1 Å². The Morgan fingerprint density at radius 2 is 1.83 bits per heavy atom. The lowest BCUT2D eigenvalue weighted by atomic mass is 10.1. The maximum Gasteiger partial charge on any atom is 0.292 e. The topological polar surface area (TPSA) is 99.1 Å². The highest BCUT2D eigenvalue weighted by Crippen LogP contribution is 2.22. The minimum Gasteiger partial charge on any atom is -0.378 e. The van der Waals surface area contributed by atoms with Gasteiger partial charge in [0.1, 0.15) is 6.54 Å². The zero-order valence-electron chi connectivity index (χ0n) is 16.6. The van der Waals surface area contributed by atoms with Crippen LogP contribution in [0.25, 0.3) is 10.9 Å². The van der Waals surface area contributed by atoms with E-state index in [2.05, 4.69) is 5.32 Å². The number of hydrogen-bond acceptors (Lipinski definition) is 6. The van der Waals surface area contributed by atoms with Crippen molar-refractivity contribution in [1.82, 2.24) is 14.8 Å². The van der Waals surface area contributed by atoms with E-state index in [1.54, 1.807) is 27.8 Å². The number of fused-ring (bicyclic) bond motifs is 1. The zero-order valence-corrected chi connectivity index (χ0v) is 16.6. The summed E-state index contributed by atoms with van der Waals surface area (Å²) in [6, 6.07) is 7.20. The van der Waals surface area contributed by atoms with E-state index in [1.807, 2.05) is 12.1 Å². The molecule has 9 nitrogen and oxygen atoms in total. The maximum absolute atomic E-state index is 12.7. The van der Waals surface area contributed by atoms with Gasteiger partial charge in [0.2, 0.25) is 5.91 Å². The van der Waals surface area contributed by atoms with Gasteiger partial charge in [0.25, 0.3) is 11.7 Å². The average Bonchev–Trinajstić information content (AvgIpc) is 3.12. The Hall–Kier alpha value is -2.75. The van der Waals surface area contributed by atoms with Gasteiger partial charge in [0.15, 0.2) is 6.29 Å². The van der Waals surface area contributed by atoms with Crippen molar-refractivity contribution in [3.05, 3.63) is 36.0 Å². The first kappa shape index (κ1) is 21.0. The van der Waals surface area contributed by atoms with Crippen LogP contribution >= 0.6 is 0 Å². The van der Waals surface area contributed by atoms with Crippen LogP contribution in [0.1, 0.15) is 10.4 Å². The second kappa shape index (κ2) is 9.64. The van der Waals surface area contributed by atoms with Gasteiger partial charge in [0.05, 0.1) is 25.3 Å². The van der Waals surface area contributed by atoms with Crippen LogP contribution < -0.4 is 5.32 Å². The Morgan fingerprint density at radius 3 is 2.52 bits per heavy atom. The summed E-state index contributed by atoms with van der Waals surface area (Å²) >= 11 is 0. The molecule has 9 heteroatoms. The SMILES string of the molecule is COC(CNC(=O)C(=O)c1cn(CC(=O)N2CCOCC2)c2ccccc12)OC. The molecule has 3 rings (SSSR count). The number of ether oxygens (including phenoxy) is 3. The van der Waals surface area contributed by atoms with Gasteiger partial charge in [-0.05, 0) is 6.07 Å². The minimum absolute atomic E-state index is 0.0474. The normalized spacial score (nSPS) is 14.4. The summed E-state index contributed by atoms with van der Waals surface area (Å²) in [5.74, 6) is -1.49. The zero-order chi connectivity index (χ0) is 20.8. The van der Waals surface area contributed by atoms with Crippen molar-refractivity contribution in [3.8, 4) is 0 Å². The summed E-state index contributed by atoms with van der Waals surface area (Å²) in [5, 5.41) is 3.14. The third-order valence-electron chi connectivity index (χ3n) is 4.86. The Kier molecular flexibility index (Phi) is 6.97. The number of hydrogen-bond donors (Lipinski definition) is 1. The first-order valence-corrected chi connectivity index (χ1v) is 9.36. The van der Waals surface area contributed by atoms with Crippen LogP contribution in [0.4, 0.5) is 0 Å². The van der Waals surface area contributed by atoms with Crippen molar-refractivity contribution in [2.45, 2.75) is 12.8 Å². The van der Waals surface area contributed by atoms with E-state index in [0.717, 1.165) is 5.52 Å². The lowest BCUT2D eigenvalue weighted by Crippen LogP contribution is -2.42. The number of morpholine rings is 1. The number of nitrogens with one attached hydrogen (secondary N) is 1. The number of amides is 2. The smallest absolute Gasteiger partial charge is 0.292 e. The molecule has 2 heterocycles. The van der Waals surface area contributed by atoms with Crippen molar-refractivity contribution < 1.29 is 28.6 Å². The first-order chi connectivity index (χ1) is 14.0. The van der Waals surface area contributed by atoms with Gasteiger partial charge >= 0.3 is 0 Å². The molecule has 1 fully saturated rings. The molecule has 1 aliphatic heterocycles. The Labute approximate surface area is 168 Å². The van der Waals surface area contributed by atoms with E-state index in [0.29, 0.717) is 31.7 Å². The highest BCUT2D eigenvalue weighted by molar-refractivity contribution is 6.45. The summed E-state index contributed by atoms with van der Waals surface area (Å²) in [6.45, 7) is 2.27. The molecule has 0 bridgehead atoms. The van der Waals surface area contributed by atoms with Crippen molar-refractivity contribution in [3.63, 3.8) is 0 Å². The minimum atomic E-state index is -0.758. The third-order valence-corrected chi connectivity index (χ3v) is 4.86. The van der Waals surface area contributed by atoms with Gasteiger partial charge in [-0.3, -0.25) is 14.4 Å². The maximum atomic E-state index is 12.7. The predicted octanol–water partition coefficient (Wildman–Crippen LogP) is 0.418. The highest BCUT2D eigenvalue weighted by Gasteiger charge is 2.24. The Balaban J connectivity index is 1.79. The average molecular weight is 403 g/mol. The Morgan fingerprint density at radius 1 is 1.14 bits per heavy atom. The molecular weight excluding hydrogens is 378 g/mol. The van der Waals surface area contributed by atoms with Crippen molar-refractivity contribution in [1.29, 1.82) is 0 Å². The van der Waals surface area contributed by atoms with Gasteiger partial charge < -0.3 is 29.0 Å². The molecule has 2 amide bonds. The predicted molar refractivity (Wildman–Crippen MR) is 104 cm³/mol. The highest BCUT2D eigenvalue weighted by atomic mass is 16.7. The van der Waals surface area contributed by atoms with Crippen LogP contribution in [0.3, 0.4) is 0 Å². The largest absolute Gasteiger partial charge is 0.378 e. The van der Waals surface area contributed by atoms with Crippen LogP contribution in [0.5, 0.6) is 0 Å². The molecule has 156 valence electrons. The summed E-state index contributed by atoms with van der Waals surface area (Å²) in [6.07, 6.45) is 0.925. The second-order valence-electron chi connectivity index (χ2n) is 6.62. The van der Waals surface area contributed by atoms with Crippen LogP contribution in [-0.4, -0.2) is 80.4 Å². The molecule has 0 atom stereocenters. The summed E-state index contributed by atoms with van der Waals surface area (Å²) < 4.78 is 17.0. The number of carbonyl (C=O) groups excluding carboxylic acids is 3. The molecule has 0 unspecified atom stereocenters. The number of Topliss-reactive ketones (excluding diaryl/α,β-unsaturated/α-hetero) is 1. The number of methoxy groups -OCH3 is 2. The fourth-order valence-corrected chi connectivity index (χ4v) is 3.26. The quantitative estimate of drug-likeness (QED) is 0.390. The second-order valence-corrected chi connectivity index (χ2v) is 6.62. The number of nitrogens with zero attached hydrogens (tertiary/aromatic N) is 2. The first-order valence-electron chi connectivity index (χ1n) is 9.36. The molecule has 0 saturated carbocycles. The Bertz CT molecular complexity index is 883. The van der Waals surface area contributed by atoms with Crippen LogP contribution in [-0.2, 0) is 30.3 Å². The number of benzene rings is 1. The standard InChI is InChI=1S/C20H25N3O6/c1-27-18(28-2)11-21-20(26)19(25)15-12-23(16-6-4-3-5-14(15)16)13-17(24)22-7-9-29-10-8-22/h3-6,12,18H,7-11,13H2,1-2H3,(H,21,26). The van der Waals surface area contributed by atoms with Gasteiger partial charge in [0, 0.05) is 44.4 Å². The lowest BCUT2D eigenvalue weighted by molar-refractivity contribution is -0.135. The van der Waals surface area contributed by atoms with E-state index in [9.17, 15) is 14.4 Å². The van der Waals surface area contributed by atoms with E-state index < -0.39 is 18.0 Å². The molecule has 1 saturated heterocycles.